The van der Waals surface area contributed by atoms with Gasteiger partial charge in [-0.05, 0) is 42.3 Å². The highest BCUT2D eigenvalue weighted by Gasteiger charge is 2.35. The molecule has 0 radical (unpaired) electrons. The van der Waals surface area contributed by atoms with Crippen LogP contribution in [0.15, 0.2) is 67.0 Å². The Morgan fingerprint density at radius 3 is 2.44 bits per heavy atom. The second-order valence-electron chi connectivity index (χ2n) is 10.0. The molecule has 2 saturated heterocycles. The van der Waals surface area contributed by atoms with Crippen LogP contribution in [0.5, 0.6) is 0 Å². The standard InChI is InChI=1S/C29H30N8O2/c1-19-3-2-4-24(33-19)28-32-12-10-26(36-28)34-25-9-11-31-27(35-25)13-20-5-7-21(8-6-20)16-37-17-22(18-37)29(38)39-23-14-30-15-23/h2-12,22-23,30H,13-18H2,1H3,(H,31,32,34,35,36). The van der Waals surface area contributed by atoms with Crippen molar-refractivity contribution < 1.29 is 9.53 Å². The van der Waals surface area contributed by atoms with Crippen LogP contribution in [-0.4, -0.2) is 68.1 Å². The van der Waals surface area contributed by atoms with Crippen molar-refractivity contribution in [3.63, 3.8) is 0 Å². The van der Waals surface area contributed by atoms with Crippen LogP contribution in [0.25, 0.3) is 11.5 Å². The first kappa shape index (κ1) is 25.0. The van der Waals surface area contributed by atoms with Gasteiger partial charge in [0.1, 0.15) is 29.3 Å². The minimum absolute atomic E-state index is 0.00366. The average molecular weight is 523 g/mol. The van der Waals surface area contributed by atoms with E-state index in [1.54, 1.807) is 18.5 Å². The Hall–Kier alpha value is -4.28. The number of likely N-dealkylation sites (tertiary alicyclic amines) is 1. The lowest BCUT2D eigenvalue weighted by atomic mass is 9.99. The molecule has 0 bridgehead atoms. The molecular weight excluding hydrogens is 492 g/mol. The van der Waals surface area contributed by atoms with Crippen LogP contribution < -0.4 is 10.6 Å². The molecule has 2 N–H and O–H groups in total. The number of benzene rings is 1. The van der Waals surface area contributed by atoms with Crippen molar-refractivity contribution in [3.8, 4) is 11.5 Å². The molecule has 2 aliphatic rings. The molecule has 0 aliphatic carbocycles. The Morgan fingerprint density at radius 1 is 0.949 bits per heavy atom. The number of anilines is 2. The Balaban J connectivity index is 1.02. The largest absolute Gasteiger partial charge is 0.459 e. The van der Waals surface area contributed by atoms with E-state index < -0.39 is 0 Å². The van der Waals surface area contributed by atoms with E-state index in [0.717, 1.165) is 49.7 Å². The molecule has 6 rings (SSSR count). The summed E-state index contributed by atoms with van der Waals surface area (Å²) >= 11 is 0. The number of esters is 1. The molecule has 0 atom stereocenters. The summed E-state index contributed by atoms with van der Waals surface area (Å²) in [7, 11) is 0. The maximum Gasteiger partial charge on any atom is 0.311 e. The number of ether oxygens (including phenoxy) is 1. The second kappa shape index (κ2) is 11.2. The fourth-order valence-corrected chi connectivity index (χ4v) is 4.56. The number of carbonyl (C=O) groups excluding carboxylic acids is 1. The monoisotopic (exact) mass is 522 g/mol. The molecule has 10 heteroatoms. The quantitative estimate of drug-likeness (QED) is 0.318. The van der Waals surface area contributed by atoms with E-state index in [0.29, 0.717) is 29.7 Å². The average Bonchev–Trinajstić information content (AvgIpc) is 2.89. The zero-order chi connectivity index (χ0) is 26.6. The normalized spacial score (nSPS) is 15.8. The molecule has 10 nitrogen and oxygen atoms in total. The Bertz CT molecular complexity index is 1450. The molecule has 0 amide bonds. The number of hydrogen-bond donors (Lipinski definition) is 2. The summed E-state index contributed by atoms with van der Waals surface area (Å²) in [6.07, 6.45) is 4.13. The van der Waals surface area contributed by atoms with E-state index in [-0.39, 0.29) is 18.0 Å². The summed E-state index contributed by atoms with van der Waals surface area (Å²) in [6, 6.07) is 17.9. The number of rotatable bonds is 9. The minimum Gasteiger partial charge on any atom is -0.459 e. The van der Waals surface area contributed by atoms with Crippen LogP contribution in [0.2, 0.25) is 0 Å². The molecular formula is C29H30N8O2. The van der Waals surface area contributed by atoms with Crippen molar-refractivity contribution in [1.29, 1.82) is 0 Å². The van der Waals surface area contributed by atoms with Gasteiger partial charge in [-0.15, -0.1) is 0 Å². The van der Waals surface area contributed by atoms with Gasteiger partial charge >= 0.3 is 5.97 Å². The number of nitrogens with one attached hydrogen (secondary N) is 2. The van der Waals surface area contributed by atoms with Crippen molar-refractivity contribution in [1.82, 2.24) is 35.1 Å². The summed E-state index contributed by atoms with van der Waals surface area (Å²) in [4.78, 5) is 37.0. The van der Waals surface area contributed by atoms with Gasteiger partial charge in [-0.1, -0.05) is 30.3 Å². The fourth-order valence-electron chi connectivity index (χ4n) is 4.56. The van der Waals surface area contributed by atoms with Crippen LogP contribution in [0.4, 0.5) is 11.6 Å². The Labute approximate surface area is 226 Å². The lowest BCUT2D eigenvalue weighted by Gasteiger charge is -2.39. The van der Waals surface area contributed by atoms with Gasteiger partial charge < -0.3 is 15.4 Å². The molecule has 0 saturated carbocycles. The lowest BCUT2D eigenvalue weighted by Crippen LogP contribution is -2.54. The van der Waals surface area contributed by atoms with E-state index in [2.05, 4.69) is 64.7 Å². The van der Waals surface area contributed by atoms with E-state index in [1.807, 2.05) is 31.2 Å². The van der Waals surface area contributed by atoms with Crippen LogP contribution in [-0.2, 0) is 22.5 Å². The second-order valence-corrected chi connectivity index (χ2v) is 10.0. The number of aryl methyl sites for hydroxylation is 1. The molecule has 0 unspecified atom stereocenters. The van der Waals surface area contributed by atoms with Gasteiger partial charge in [0.25, 0.3) is 0 Å². The topological polar surface area (TPSA) is 118 Å². The zero-order valence-corrected chi connectivity index (χ0v) is 21.7. The first-order chi connectivity index (χ1) is 19.1. The highest BCUT2D eigenvalue weighted by atomic mass is 16.5. The molecule has 5 heterocycles. The van der Waals surface area contributed by atoms with Crippen molar-refractivity contribution in [3.05, 3.63) is 89.6 Å². The SMILES string of the molecule is Cc1cccc(-c2nccc(Nc3ccnc(Cc4ccc(CN5CC(C(=O)OC6CNC6)C5)cc4)n3)n2)n1. The van der Waals surface area contributed by atoms with Gasteiger partial charge in [-0.3, -0.25) is 9.69 Å². The number of aromatic nitrogens is 5. The van der Waals surface area contributed by atoms with Gasteiger partial charge in [-0.25, -0.2) is 24.9 Å². The minimum atomic E-state index is -0.0618. The van der Waals surface area contributed by atoms with Gasteiger partial charge in [0.15, 0.2) is 5.82 Å². The van der Waals surface area contributed by atoms with E-state index in [1.165, 1.54) is 5.56 Å². The summed E-state index contributed by atoms with van der Waals surface area (Å²) < 4.78 is 5.48. The van der Waals surface area contributed by atoms with Gasteiger partial charge in [-0.2, -0.15) is 0 Å². The predicted molar refractivity (Wildman–Crippen MR) is 146 cm³/mol. The molecule has 2 aliphatic heterocycles. The molecule has 4 aromatic rings. The molecule has 0 spiro atoms. The maximum atomic E-state index is 12.2. The van der Waals surface area contributed by atoms with Gasteiger partial charge in [0, 0.05) is 57.2 Å². The summed E-state index contributed by atoms with van der Waals surface area (Å²) in [5, 5.41) is 6.37. The third-order valence-electron chi connectivity index (χ3n) is 6.84. The highest BCUT2D eigenvalue weighted by molar-refractivity contribution is 5.74. The number of hydrogen-bond acceptors (Lipinski definition) is 10. The van der Waals surface area contributed by atoms with Crippen molar-refractivity contribution in [2.75, 3.05) is 31.5 Å². The molecule has 198 valence electrons. The first-order valence-electron chi connectivity index (χ1n) is 13.1. The number of carbonyl (C=O) groups is 1. The van der Waals surface area contributed by atoms with Crippen LogP contribution in [0, 0.1) is 12.8 Å². The smallest absolute Gasteiger partial charge is 0.311 e. The van der Waals surface area contributed by atoms with E-state index >= 15 is 0 Å². The highest BCUT2D eigenvalue weighted by Crippen LogP contribution is 2.22. The van der Waals surface area contributed by atoms with Crippen molar-refractivity contribution in [2.24, 2.45) is 5.92 Å². The number of nitrogens with zero attached hydrogens (tertiary/aromatic N) is 6. The predicted octanol–water partition coefficient (Wildman–Crippen LogP) is 2.92. The van der Waals surface area contributed by atoms with Gasteiger partial charge in [0.2, 0.25) is 0 Å². The fraction of sp³-hybridized carbons (Fsp3) is 0.310. The van der Waals surface area contributed by atoms with E-state index in [9.17, 15) is 4.79 Å². The van der Waals surface area contributed by atoms with Gasteiger partial charge in [0.05, 0.1) is 5.92 Å². The lowest BCUT2D eigenvalue weighted by molar-refractivity contribution is -0.162. The third-order valence-corrected chi connectivity index (χ3v) is 6.84. The summed E-state index contributed by atoms with van der Waals surface area (Å²) in [5.74, 6) is 2.51. The van der Waals surface area contributed by atoms with Crippen molar-refractivity contribution >= 4 is 17.6 Å². The van der Waals surface area contributed by atoms with Crippen molar-refractivity contribution in [2.45, 2.75) is 26.0 Å². The first-order valence-corrected chi connectivity index (χ1v) is 13.1. The summed E-state index contributed by atoms with van der Waals surface area (Å²) in [6.45, 7) is 5.82. The van der Waals surface area contributed by atoms with E-state index in [4.69, 9.17) is 4.74 Å². The van der Waals surface area contributed by atoms with Crippen LogP contribution >= 0.6 is 0 Å². The molecule has 39 heavy (non-hydrogen) atoms. The maximum absolute atomic E-state index is 12.2. The molecule has 2 fully saturated rings. The molecule has 3 aromatic heterocycles. The molecule has 1 aromatic carbocycles. The zero-order valence-electron chi connectivity index (χ0n) is 21.7. The third kappa shape index (κ3) is 6.24. The summed E-state index contributed by atoms with van der Waals surface area (Å²) in [5.41, 5.74) is 3.98. The Kier molecular flexibility index (Phi) is 7.20. The number of pyridine rings is 1. The Morgan fingerprint density at radius 2 is 1.69 bits per heavy atom. The van der Waals surface area contributed by atoms with Crippen LogP contribution in [0.3, 0.4) is 0 Å². The van der Waals surface area contributed by atoms with Crippen LogP contribution in [0.1, 0.15) is 22.6 Å².